The van der Waals surface area contributed by atoms with E-state index in [0.29, 0.717) is 24.2 Å². The van der Waals surface area contributed by atoms with Crippen LogP contribution in [0.1, 0.15) is 20.7 Å². The van der Waals surface area contributed by atoms with E-state index in [1.54, 1.807) is 29.3 Å². The number of hydroxylamine groups is 2. The lowest BCUT2D eigenvalue weighted by Crippen LogP contribution is -2.37. The quantitative estimate of drug-likeness (QED) is 0.770. The van der Waals surface area contributed by atoms with Crippen LogP contribution in [-0.2, 0) is 4.84 Å². The summed E-state index contributed by atoms with van der Waals surface area (Å²) in [5.41, 5.74) is 0.907. The number of aliphatic hydroxyl groups excluding tert-OH is 1. The predicted molar refractivity (Wildman–Crippen MR) is 65.3 cm³/mol. The maximum atomic E-state index is 12.1. The van der Waals surface area contributed by atoms with Crippen LogP contribution < -0.4 is 0 Å². The van der Waals surface area contributed by atoms with Gasteiger partial charge in [-0.15, -0.1) is 0 Å². The Hall–Kier alpha value is -1.76. The van der Waals surface area contributed by atoms with Gasteiger partial charge in [-0.3, -0.25) is 19.3 Å². The Labute approximate surface area is 110 Å². The van der Waals surface area contributed by atoms with Crippen LogP contribution >= 0.6 is 0 Å². The molecule has 2 heterocycles. The number of hydrogen-bond acceptors (Lipinski definition) is 5. The van der Waals surface area contributed by atoms with Gasteiger partial charge in [-0.05, 0) is 12.1 Å². The van der Waals surface area contributed by atoms with Gasteiger partial charge >= 0.3 is 0 Å². The summed E-state index contributed by atoms with van der Waals surface area (Å²) in [7, 11) is 0. The molecular weight excluding hydrogens is 248 g/mol. The van der Waals surface area contributed by atoms with Crippen LogP contribution in [0.25, 0.3) is 0 Å². The molecule has 1 saturated heterocycles. The van der Waals surface area contributed by atoms with Gasteiger partial charge in [-0.2, -0.15) is 5.06 Å². The summed E-state index contributed by atoms with van der Waals surface area (Å²) in [6.07, 6.45) is -0.498. The number of nitrogens with zero attached hydrogens (tertiary/aromatic N) is 2. The zero-order chi connectivity index (χ0) is 13.4. The first kappa shape index (κ1) is 12.3. The van der Waals surface area contributed by atoms with Crippen LogP contribution in [-0.4, -0.2) is 59.2 Å². The van der Waals surface area contributed by atoms with E-state index < -0.39 is 6.10 Å². The molecule has 1 N–H and O–H groups in total. The zero-order valence-corrected chi connectivity index (χ0v) is 10.3. The fourth-order valence-corrected chi connectivity index (χ4v) is 2.34. The van der Waals surface area contributed by atoms with Crippen LogP contribution in [0.4, 0.5) is 0 Å². The van der Waals surface area contributed by atoms with Gasteiger partial charge in [-0.1, -0.05) is 12.1 Å². The van der Waals surface area contributed by atoms with Crippen molar-refractivity contribution >= 4 is 11.8 Å². The van der Waals surface area contributed by atoms with Gasteiger partial charge in [0, 0.05) is 13.1 Å². The lowest BCUT2D eigenvalue weighted by Gasteiger charge is -2.18. The van der Waals surface area contributed by atoms with Crippen LogP contribution in [0, 0.1) is 0 Å². The largest absolute Gasteiger partial charge is 0.389 e. The summed E-state index contributed by atoms with van der Waals surface area (Å²) in [5, 5.41) is 10.9. The number of carbonyl (C=O) groups is 2. The maximum Gasteiger partial charge on any atom is 0.261 e. The second-order valence-corrected chi connectivity index (χ2v) is 4.65. The molecule has 1 aromatic rings. The molecule has 1 fully saturated rings. The molecule has 1 aromatic carbocycles. The molecule has 2 aliphatic rings. The van der Waals surface area contributed by atoms with E-state index in [1.165, 1.54) is 4.90 Å². The number of amides is 2. The van der Waals surface area contributed by atoms with Gasteiger partial charge in [0.25, 0.3) is 11.8 Å². The van der Waals surface area contributed by atoms with E-state index in [1.807, 2.05) is 0 Å². The van der Waals surface area contributed by atoms with Gasteiger partial charge in [0.2, 0.25) is 0 Å². The SMILES string of the molecule is O=C1c2ccccc2C(=O)N1CCN1C[C@H](O)CO1. The highest BCUT2D eigenvalue weighted by Gasteiger charge is 2.35. The molecule has 0 aromatic heterocycles. The van der Waals surface area contributed by atoms with Crippen LogP contribution in [0.3, 0.4) is 0 Å². The van der Waals surface area contributed by atoms with Crippen molar-refractivity contribution in [1.29, 1.82) is 0 Å². The fourth-order valence-electron chi connectivity index (χ4n) is 2.34. The second kappa shape index (κ2) is 4.73. The molecule has 19 heavy (non-hydrogen) atoms. The molecule has 2 amide bonds. The summed E-state index contributed by atoms with van der Waals surface area (Å²) in [5.74, 6) is -0.527. The van der Waals surface area contributed by atoms with Crippen molar-refractivity contribution in [3.8, 4) is 0 Å². The zero-order valence-electron chi connectivity index (χ0n) is 10.3. The Morgan fingerprint density at radius 2 is 1.79 bits per heavy atom. The van der Waals surface area contributed by atoms with Gasteiger partial charge in [0.1, 0.15) is 0 Å². The average molecular weight is 262 g/mol. The lowest BCUT2D eigenvalue weighted by molar-refractivity contribution is -0.111. The van der Waals surface area contributed by atoms with E-state index in [4.69, 9.17) is 4.84 Å². The predicted octanol–water partition coefficient (Wildman–Crippen LogP) is -0.109. The monoisotopic (exact) mass is 262 g/mol. The van der Waals surface area contributed by atoms with Crippen LogP contribution in [0.5, 0.6) is 0 Å². The minimum Gasteiger partial charge on any atom is -0.389 e. The molecule has 0 radical (unpaired) electrons. The first-order valence-electron chi connectivity index (χ1n) is 6.18. The number of fused-ring (bicyclic) bond motifs is 1. The minimum absolute atomic E-state index is 0.263. The number of imide groups is 1. The number of hydrogen-bond donors (Lipinski definition) is 1. The Kier molecular flexibility index (Phi) is 3.06. The van der Waals surface area contributed by atoms with Gasteiger partial charge in [0.05, 0.1) is 30.4 Å². The molecule has 1 atom stereocenters. The highest BCUT2D eigenvalue weighted by Crippen LogP contribution is 2.22. The number of aliphatic hydroxyl groups is 1. The average Bonchev–Trinajstić information content (AvgIpc) is 2.93. The fraction of sp³-hybridized carbons (Fsp3) is 0.385. The first-order valence-corrected chi connectivity index (χ1v) is 6.18. The number of rotatable bonds is 3. The van der Waals surface area contributed by atoms with E-state index in [2.05, 4.69) is 0 Å². The molecule has 0 unspecified atom stereocenters. The van der Waals surface area contributed by atoms with Crippen molar-refractivity contribution in [2.24, 2.45) is 0 Å². The summed E-state index contributed by atoms with van der Waals surface area (Å²) in [4.78, 5) is 30.6. The normalized spacial score (nSPS) is 23.2. The lowest BCUT2D eigenvalue weighted by atomic mass is 10.1. The van der Waals surface area contributed by atoms with Gasteiger partial charge < -0.3 is 5.11 Å². The summed E-state index contributed by atoms with van der Waals surface area (Å²) < 4.78 is 0. The second-order valence-electron chi connectivity index (χ2n) is 4.65. The molecule has 0 spiro atoms. The molecule has 0 saturated carbocycles. The van der Waals surface area contributed by atoms with Crippen molar-refractivity contribution in [3.05, 3.63) is 35.4 Å². The maximum absolute atomic E-state index is 12.1. The van der Waals surface area contributed by atoms with Crippen LogP contribution in [0.2, 0.25) is 0 Å². The third-order valence-electron chi connectivity index (χ3n) is 3.32. The highest BCUT2D eigenvalue weighted by molar-refractivity contribution is 6.21. The van der Waals surface area contributed by atoms with E-state index >= 15 is 0 Å². The van der Waals surface area contributed by atoms with Crippen LogP contribution in [0.15, 0.2) is 24.3 Å². The number of β-amino-alcohol motifs (C(OH)–C–C–N with tert-alkyl or cyclic N) is 1. The van der Waals surface area contributed by atoms with Crippen molar-refractivity contribution in [3.63, 3.8) is 0 Å². The van der Waals surface area contributed by atoms with Crippen molar-refractivity contribution in [2.45, 2.75) is 6.10 Å². The minimum atomic E-state index is -0.498. The summed E-state index contributed by atoms with van der Waals surface area (Å²) >= 11 is 0. The topological polar surface area (TPSA) is 70.1 Å². The molecule has 6 nitrogen and oxygen atoms in total. The van der Waals surface area contributed by atoms with Crippen molar-refractivity contribution in [2.75, 3.05) is 26.2 Å². The highest BCUT2D eigenvalue weighted by atomic mass is 16.7. The Morgan fingerprint density at radius 1 is 1.16 bits per heavy atom. The Bertz CT molecular complexity index is 496. The number of benzene rings is 1. The summed E-state index contributed by atoms with van der Waals surface area (Å²) in [6, 6.07) is 6.80. The molecule has 3 rings (SSSR count). The molecule has 6 heteroatoms. The third kappa shape index (κ3) is 2.14. The number of carbonyl (C=O) groups excluding carboxylic acids is 2. The smallest absolute Gasteiger partial charge is 0.261 e. The molecule has 2 aliphatic heterocycles. The Balaban J connectivity index is 1.67. The molecular formula is C13H14N2O4. The van der Waals surface area contributed by atoms with Gasteiger partial charge in [0.15, 0.2) is 0 Å². The van der Waals surface area contributed by atoms with Crippen molar-refractivity contribution < 1.29 is 19.5 Å². The van der Waals surface area contributed by atoms with Crippen molar-refractivity contribution in [1.82, 2.24) is 9.96 Å². The summed E-state index contributed by atoms with van der Waals surface area (Å²) in [6.45, 7) is 1.34. The van der Waals surface area contributed by atoms with E-state index in [-0.39, 0.29) is 25.0 Å². The Morgan fingerprint density at radius 3 is 2.32 bits per heavy atom. The van der Waals surface area contributed by atoms with E-state index in [0.717, 1.165) is 0 Å². The van der Waals surface area contributed by atoms with Gasteiger partial charge in [-0.25, -0.2) is 0 Å². The van der Waals surface area contributed by atoms with E-state index in [9.17, 15) is 14.7 Å². The first-order chi connectivity index (χ1) is 9.16. The third-order valence-corrected chi connectivity index (χ3v) is 3.32. The standard InChI is InChI=1S/C13H14N2O4/c16-9-7-14(19-8-9)5-6-15-12(17)10-3-1-2-4-11(10)13(15)18/h1-4,9,16H,5-8H2/t9-/m0/s1. The molecule has 0 aliphatic carbocycles. The molecule has 100 valence electrons. The molecule has 0 bridgehead atoms.